The topological polar surface area (TPSA) is 52.7 Å². The molecule has 0 aromatic heterocycles. The Bertz CT molecular complexity index is 958. The van der Waals surface area contributed by atoms with E-state index in [1.165, 1.54) is 45.2 Å². The number of rotatable bonds is 6. The van der Waals surface area contributed by atoms with Crippen LogP contribution in [-0.4, -0.2) is 53.3 Å². The maximum Gasteiger partial charge on any atom is 0.255 e. The van der Waals surface area contributed by atoms with E-state index in [0.717, 1.165) is 16.7 Å². The molecule has 1 N–H and O–H groups in total. The Morgan fingerprint density at radius 3 is 2.59 bits per heavy atom. The number of amides is 2. The normalized spacial score (nSPS) is 24.0. The minimum absolute atomic E-state index is 0.0251. The van der Waals surface area contributed by atoms with Gasteiger partial charge in [-0.05, 0) is 61.9 Å². The summed E-state index contributed by atoms with van der Waals surface area (Å²) in [6.07, 6.45) is 6.76. The summed E-state index contributed by atoms with van der Waals surface area (Å²) in [7, 11) is 0. The number of fused-ring (bicyclic) bond motifs is 2. The highest BCUT2D eigenvalue weighted by Gasteiger charge is 2.37. The van der Waals surface area contributed by atoms with E-state index < -0.39 is 6.04 Å². The van der Waals surface area contributed by atoms with Gasteiger partial charge in [-0.2, -0.15) is 0 Å². The average molecular weight is 432 g/mol. The van der Waals surface area contributed by atoms with Crippen LogP contribution in [0.5, 0.6) is 0 Å². The fraction of sp³-hybridized carbons (Fsp3) is 0.481. The van der Waals surface area contributed by atoms with Crippen LogP contribution in [0.3, 0.4) is 0 Å². The van der Waals surface area contributed by atoms with Gasteiger partial charge < -0.3 is 15.1 Å². The van der Waals surface area contributed by atoms with Crippen molar-refractivity contribution in [2.45, 2.75) is 57.2 Å². The van der Waals surface area contributed by atoms with E-state index in [0.29, 0.717) is 31.5 Å². The van der Waals surface area contributed by atoms with E-state index >= 15 is 0 Å². The lowest BCUT2D eigenvalue weighted by molar-refractivity contribution is -0.126. The van der Waals surface area contributed by atoms with E-state index in [9.17, 15) is 9.59 Å². The first-order valence-electron chi connectivity index (χ1n) is 12.2. The highest BCUT2D eigenvalue weighted by Crippen LogP contribution is 2.31. The monoisotopic (exact) mass is 431 g/mol. The molecule has 0 aliphatic carbocycles. The summed E-state index contributed by atoms with van der Waals surface area (Å²) in [4.78, 5) is 31.1. The molecule has 0 saturated carbocycles. The van der Waals surface area contributed by atoms with Crippen LogP contribution < -0.4 is 5.32 Å². The largest absolute Gasteiger partial charge is 0.354 e. The summed E-state index contributed by atoms with van der Waals surface area (Å²) in [5, 5.41) is 3.27. The molecule has 5 heteroatoms. The Morgan fingerprint density at radius 2 is 1.75 bits per heavy atom. The first kappa shape index (κ1) is 21.2. The van der Waals surface area contributed by atoms with Crippen molar-refractivity contribution >= 4 is 11.8 Å². The van der Waals surface area contributed by atoms with E-state index in [-0.39, 0.29) is 11.8 Å². The molecule has 2 aromatic rings. The molecule has 0 bridgehead atoms. The molecular weight excluding hydrogens is 398 g/mol. The zero-order valence-corrected chi connectivity index (χ0v) is 18.7. The lowest BCUT2D eigenvalue weighted by Gasteiger charge is -2.44. The number of hydrogen-bond acceptors (Lipinski definition) is 3. The highest BCUT2D eigenvalue weighted by atomic mass is 16.2. The van der Waals surface area contributed by atoms with Crippen LogP contribution in [0.1, 0.15) is 53.6 Å². The molecule has 2 amide bonds. The molecule has 0 radical (unpaired) electrons. The molecule has 32 heavy (non-hydrogen) atoms. The van der Waals surface area contributed by atoms with E-state index in [1.54, 1.807) is 4.90 Å². The summed E-state index contributed by atoms with van der Waals surface area (Å²) >= 11 is 0. The van der Waals surface area contributed by atoms with Crippen molar-refractivity contribution in [2.24, 2.45) is 5.92 Å². The highest BCUT2D eigenvalue weighted by molar-refractivity contribution is 6.01. The van der Waals surface area contributed by atoms with Gasteiger partial charge >= 0.3 is 0 Å². The third kappa shape index (κ3) is 4.31. The second-order valence-corrected chi connectivity index (χ2v) is 9.54. The van der Waals surface area contributed by atoms with Gasteiger partial charge in [0, 0.05) is 31.1 Å². The molecule has 168 valence electrons. The summed E-state index contributed by atoms with van der Waals surface area (Å²) in [6.45, 7) is 3.61. The van der Waals surface area contributed by atoms with Crippen LogP contribution in [0.15, 0.2) is 54.6 Å². The number of benzene rings is 2. The smallest absolute Gasteiger partial charge is 0.255 e. The number of nitrogens with zero attached hydrogens (tertiary/aromatic N) is 2. The minimum Gasteiger partial charge on any atom is -0.354 e. The number of hydrogen-bond donors (Lipinski definition) is 1. The predicted molar refractivity (Wildman–Crippen MR) is 125 cm³/mol. The summed E-state index contributed by atoms with van der Waals surface area (Å²) in [5.41, 5.74) is 2.81. The standard InChI is InChI=1S/C27H33N3O2/c31-26(28-18-21-12-8-16-29-15-7-6-14-24(21)29)25(17-20-9-2-1-3-10-20)30-19-22-11-4-5-13-23(22)27(30)32/h1-5,9-11,13,21,24-25H,6-8,12,14-19H2,(H,28,31). The van der Waals surface area contributed by atoms with Gasteiger partial charge in [-0.1, -0.05) is 55.0 Å². The SMILES string of the molecule is O=C(NCC1CCCN2CCCCC12)C(Cc1ccccc1)N1Cc2ccccc2C1=O. The quantitative estimate of drug-likeness (QED) is 0.760. The fourth-order valence-electron chi connectivity index (χ4n) is 5.88. The van der Waals surface area contributed by atoms with Crippen molar-refractivity contribution in [1.29, 1.82) is 0 Å². The molecule has 3 atom stereocenters. The van der Waals surface area contributed by atoms with E-state index in [2.05, 4.69) is 10.2 Å². The van der Waals surface area contributed by atoms with Gasteiger partial charge in [0.25, 0.3) is 5.91 Å². The van der Waals surface area contributed by atoms with Crippen LogP contribution in [0, 0.1) is 5.92 Å². The maximum atomic E-state index is 13.5. The number of piperidine rings is 2. The first-order valence-corrected chi connectivity index (χ1v) is 12.2. The second kappa shape index (κ2) is 9.45. The van der Waals surface area contributed by atoms with E-state index in [4.69, 9.17) is 0 Å². The van der Waals surface area contributed by atoms with Gasteiger partial charge in [0.05, 0.1) is 0 Å². The van der Waals surface area contributed by atoms with Crippen LogP contribution in [-0.2, 0) is 17.8 Å². The number of carbonyl (C=O) groups is 2. The lowest BCUT2D eigenvalue weighted by atomic mass is 9.83. The van der Waals surface area contributed by atoms with Crippen molar-refractivity contribution in [2.75, 3.05) is 19.6 Å². The van der Waals surface area contributed by atoms with Crippen LogP contribution >= 0.6 is 0 Å². The Kier molecular flexibility index (Phi) is 6.26. The molecule has 2 saturated heterocycles. The Balaban J connectivity index is 1.31. The molecule has 5 nitrogen and oxygen atoms in total. The Morgan fingerprint density at radius 1 is 0.969 bits per heavy atom. The molecule has 3 aliphatic rings. The minimum atomic E-state index is -0.497. The van der Waals surface area contributed by atoms with Gasteiger partial charge in [-0.3, -0.25) is 9.59 Å². The van der Waals surface area contributed by atoms with E-state index in [1.807, 2.05) is 54.6 Å². The lowest BCUT2D eigenvalue weighted by Crippen LogP contribution is -2.53. The second-order valence-electron chi connectivity index (χ2n) is 9.54. The summed E-state index contributed by atoms with van der Waals surface area (Å²) in [6, 6.07) is 17.9. The third-order valence-electron chi connectivity index (χ3n) is 7.57. The molecule has 3 unspecified atom stereocenters. The molecule has 2 fully saturated rings. The van der Waals surface area contributed by atoms with Gasteiger partial charge in [-0.25, -0.2) is 0 Å². The van der Waals surface area contributed by atoms with Crippen LogP contribution in [0.2, 0.25) is 0 Å². The van der Waals surface area contributed by atoms with Crippen molar-refractivity contribution in [3.05, 3.63) is 71.3 Å². The molecule has 3 aliphatic heterocycles. The first-order chi connectivity index (χ1) is 15.7. The van der Waals surface area contributed by atoms with Gasteiger partial charge in [0.2, 0.25) is 5.91 Å². The predicted octanol–water partition coefficient (Wildman–Crippen LogP) is 3.63. The Hall–Kier alpha value is -2.66. The van der Waals surface area contributed by atoms with Gasteiger partial charge in [-0.15, -0.1) is 0 Å². The van der Waals surface area contributed by atoms with Crippen LogP contribution in [0.25, 0.3) is 0 Å². The van der Waals surface area contributed by atoms with Gasteiger partial charge in [0.15, 0.2) is 0 Å². The Labute approximate surface area is 190 Å². The average Bonchev–Trinajstić information content (AvgIpc) is 3.18. The molecule has 3 heterocycles. The van der Waals surface area contributed by atoms with Crippen molar-refractivity contribution in [1.82, 2.24) is 15.1 Å². The molecular formula is C27H33N3O2. The molecule has 2 aromatic carbocycles. The summed E-state index contributed by atoms with van der Waals surface area (Å²) in [5.74, 6) is 0.451. The van der Waals surface area contributed by atoms with Gasteiger partial charge in [0.1, 0.15) is 6.04 Å². The van der Waals surface area contributed by atoms with Crippen molar-refractivity contribution < 1.29 is 9.59 Å². The molecule has 5 rings (SSSR count). The number of carbonyl (C=O) groups excluding carboxylic acids is 2. The fourth-order valence-corrected chi connectivity index (χ4v) is 5.88. The zero-order valence-electron chi connectivity index (χ0n) is 18.7. The maximum absolute atomic E-state index is 13.5. The van der Waals surface area contributed by atoms with Crippen LogP contribution in [0.4, 0.5) is 0 Å². The van der Waals surface area contributed by atoms with Crippen molar-refractivity contribution in [3.8, 4) is 0 Å². The number of nitrogens with one attached hydrogen (secondary N) is 1. The molecule has 0 spiro atoms. The summed E-state index contributed by atoms with van der Waals surface area (Å²) < 4.78 is 0. The third-order valence-corrected chi connectivity index (χ3v) is 7.57. The van der Waals surface area contributed by atoms with Crippen molar-refractivity contribution in [3.63, 3.8) is 0 Å². The zero-order chi connectivity index (χ0) is 21.9.